The van der Waals surface area contributed by atoms with E-state index in [2.05, 4.69) is 10.6 Å². The Bertz CT molecular complexity index is 982. The predicted octanol–water partition coefficient (Wildman–Crippen LogP) is 2.92. The van der Waals surface area contributed by atoms with Crippen molar-refractivity contribution in [2.75, 3.05) is 6.54 Å². The van der Waals surface area contributed by atoms with Crippen LogP contribution in [0.4, 0.5) is 0 Å². The zero-order valence-electron chi connectivity index (χ0n) is 16.5. The smallest absolute Gasteiger partial charge is 0.326 e. The van der Waals surface area contributed by atoms with E-state index in [1.807, 2.05) is 42.5 Å². The second kappa shape index (κ2) is 10.1. The molecule has 0 saturated carbocycles. The summed E-state index contributed by atoms with van der Waals surface area (Å²) >= 11 is 0. The number of carbonyl (C=O) groups is 3. The number of furan rings is 1. The topological polar surface area (TPSA) is 97.6 Å². The number of rotatable bonds is 8. The van der Waals surface area contributed by atoms with Crippen LogP contribution in [0.2, 0.25) is 0 Å². The van der Waals surface area contributed by atoms with Gasteiger partial charge >= 0.3 is 5.97 Å². The third-order valence-electron chi connectivity index (χ3n) is 4.34. The Kier molecular flexibility index (Phi) is 7.00. The molecule has 2 N–H and O–H groups in total. The molecule has 1 aromatic heterocycles. The number of hydrogen-bond acceptors (Lipinski definition) is 5. The minimum absolute atomic E-state index is 0.198. The third-order valence-corrected chi connectivity index (χ3v) is 4.34. The van der Waals surface area contributed by atoms with Gasteiger partial charge in [-0.3, -0.25) is 14.4 Å². The van der Waals surface area contributed by atoms with Gasteiger partial charge in [-0.25, -0.2) is 0 Å². The Labute approximate surface area is 174 Å². The normalized spacial score (nSPS) is 11.4. The lowest BCUT2D eigenvalue weighted by Crippen LogP contribution is -2.38. The molecule has 0 aliphatic carbocycles. The summed E-state index contributed by atoms with van der Waals surface area (Å²) in [5.41, 5.74) is 2.46. The van der Waals surface area contributed by atoms with Crippen LogP contribution in [0.15, 0.2) is 77.4 Å². The quantitative estimate of drug-likeness (QED) is 0.561. The highest BCUT2D eigenvalue weighted by molar-refractivity contribution is 5.96. The van der Waals surface area contributed by atoms with Crippen molar-refractivity contribution in [3.8, 4) is 11.1 Å². The lowest BCUT2D eigenvalue weighted by molar-refractivity contribution is -0.153. The first-order valence-electron chi connectivity index (χ1n) is 9.46. The third kappa shape index (κ3) is 5.81. The average Bonchev–Trinajstić information content (AvgIpc) is 3.30. The SMILES string of the molecule is C[C@H](OC(=O)CNC(=O)c1ccc(-c2ccccc2)cc1)C(=O)NCc1ccco1. The van der Waals surface area contributed by atoms with E-state index in [0.717, 1.165) is 11.1 Å². The number of ether oxygens (including phenoxy) is 1. The van der Waals surface area contributed by atoms with Gasteiger partial charge in [-0.05, 0) is 42.3 Å². The first kappa shape index (κ1) is 20.9. The van der Waals surface area contributed by atoms with Crippen molar-refractivity contribution in [2.24, 2.45) is 0 Å². The van der Waals surface area contributed by atoms with Gasteiger partial charge < -0.3 is 19.8 Å². The molecule has 30 heavy (non-hydrogen) atoms. The molecule has 0 unspecified atom stereocenters. The molecule has 1 atom stereocenters. The van der Waals surface area contributed by atoms with Crippen LogP contribution >= 0.6 is 0 Å². The molecular weight excluding hydrogens is 384 g/mol. The number of amides is 2. The molecular formula is C23H22N2O5. The monoisotopic (exact) mass is 406 g/mol. The standard InChI is InChI=1S/C23H22N2O5/c1-16(22(27)24-14-20-8-5-13-29-20)30-21(26)15-25-23(28)19-11-9-18(10-12-19)17-6-3-2-4-7-17/h2-13,16H,14-15H2,1H3,(H,24,27)(H,25,28)/t16-/m0/s1. The van der Waals surface area contributed by atoms with Gasteiger partial charge in [0.1, 0.15) is 12.3 Å². The molecule has 7 heteroatoms. The minimum Gasteiger partial charge on any atom is -0.467 e. The Hall–Kier alpha value is -3.87. The van der Waals surface area contributed by atoms with E-state index < -0.39 is 23.9 Å². The molecule has 3 rings (SSSR count). The largest absolute Gasteiger partial charge is 0.467 e. The molecule has 2 amide bonds. The lowest BCUT2D eigenvalue weighted by atomic mass is 10.0. The molecule has 0 bridgehead atoms. The number of nitrogens with one attached hydrogen (secondary N) is 2. The molecule has 0 fully saturated rings. The van der Waals surface area contributed by atoms with Crippen LogP contribution in [-0.2, 0) is 20.9 Å². The minimum atomic E-state index is -0.991. The Morgan fingerprint density at radius 2 is 1.60 bits per heavy atom. The van der Waals surface area contributed by atoms with Gasteiger partial charge in [0, 0.05) is 5.56 Å². The summed E-state index contributed by atoms with van der Waals surface area (Å²) in [6, 6.07) is 20.3. The van der Waals surface area contributed by atoms with Crippen LogP contribution < -0.4 is 10.6 Å². The zero-order valence-corrected chi connectivity index (χ0v) is 16.5. The van der Waals surface area contributed by atoms with Gasteiger partial charge in [-0.15, -0.1) is 0 Å². The van der Waals surface area contributed by atoms with Gasteiger partial charge in [-0.1, -0.05) is 42.5 Å². The van der Waals surface area contributed by atoms with Gasteiger partial charge in [0.15, 0.2) is 6.10 Å². The van der Waals surface area contributed by atoms with Crippen LogP contribution in [0.1, 0.15) is 23.0 Å². The predicted molar refractivity (Wildman–Crippen MR) is 110 cm³/mol. The van der Waals surface area contributed by atoms with E-state index in [-0.39, 0.29) is 13.1 Å². The number of benzene rings is 2. The van der Waals surface area contributed by atoms with Crippen LogP contribution in [0.3, 0.4) is 0 Å². The summed E-state index contributed by atoms with van der Waals surface area (Å²) in [5, 5.41) is 5.10. The van der Waals surface area contributed by atoms with Crippen molar-refractivity contribution in [3.63, 3.8) is 0 Å². The summed E-state index contributed by atoms with van der Waals surface area (Å²) in [7, 11) is 0. The summed E-state index contributed by atoms with van der Waals surface area (Å²) in [5.74, 6) is -0.971. The summed E-state index contributed by atoms with van der Waals surface area (Å²) < 4.78 is 10.2. The first-order valence-corrected chi connectivity index (χ1v) is 9.46. The highest BCUT2D eigenvalue weighted by Crippen LogP contribution is 2.19. The number of hydrogen-bond donors (Lipinski definition) is 2. The van der Waals surface area contributed by atoms with Crippen LogP contribution in [0, 0.1) is 0 Å². The number of carbonyl (C=O) groups excluding carboxylic acids is 3. The van der Waals surface area contributed by atoms with Crippen LogP contribution in [0.25, 0.3) is 11.1 Å². The fourth-order valence-electron chi connectivity index (χ4n) is 2.72. The maximum atomic E-state index is 12.2. The van der Waals surface area contributed by atoms with Gasteiger partial charge in [0.25, 0.3) is 11.8 Å². The zero-order chi connectivity index (χ0) is 21.3. The fourth-order valence-corrected chi connectivity index (χ4v) is 2.72. The molecule has 2 aromatic carbocycles. The van der Waals surface area contributed by atoms with Crippen molar-refractivity contribution in [3.05, 3.63) is 84.3 Å². The van der Waals surface area contributed by atoms with E-state index in [1.165, 1.54) is 13.2 Å². The summed E-state index contributed by atoms with van der Waals surface area (Å²) in [6.45, 7) is 1.32. The van der Waals surface area contributed by atoms with Gasteiger partial charge in [0.05, 0.1) is 12.8 Å². The highest BCUT2D eigenvalue weighted by atomic mass is 16.5. The second-order valence-electron chi connectivity index (χ2n) is 6.56. The molecule has 0 aliphatic rings. The second-order valence-corrected chi connectivity index (χ2v) is 6.56. The average molecular weight is 406 g/mol. The maximum Gasteiger partial charge on any atom is 0.326 e. The van der Waals surface area contributed by atoms with Gasteiger partial charge in [0.2, 0.25) is 0 Å². The molecule has 0 radical (unpaired) electrons. The summed E-state index contributed by atoms with van der Waals surface area (Å²) in [4.78, 5) is 36.1. The molecule has 3 aromatic rings. The Morgan fingerprint density at radius 3 is 2.27 bits per heavy atom. The van der Waals surface area contributed by atoms with E-state index >= 15 is 0 Å². The first-order chi connectivity index (χ1) is 14.5. The lowest BCUT2D eigenvalue weighted by Gasteiger charge is -2.13. The molecule has 154 valence electrons. The van der Waals surface area contributed by atoms with E-state index in [0.29, 0.717) is 11.3 Å². The molecule has 0 saturated heterocycles. The van der Waals surface area contributed by atoms with Crippen molar-refractivity contribution < 1.29 is 23.5 Å². The molecule has 1 heterocycles. The van der Waals surface area contributed by atoms with Crippen molar-refractivity contribution in [2.45, 2.75) is 19.6 Å². The molecule has 0 spiro atoms. The van der Waals surface area contributed by atoms with E-state index in [4.69, 9.17) is 9.15 Å². The van der Waals surface area contributed by atoms with Crippen LogP contribution in [-0.4, -0.2) is 30.4 Å². The van der Waals surface area contributed by atoms with Crippen molar-refractivity contribution in [1.82, 2.24) is 10.6 Å². The summed E-state index contributed by atoms with van der Waals surface area (Å²) in [6.07, 6.45) is 0.512. The Morgan fingerprint density at radius 1 is 0.900 bits per heavy atom. The maximum absolute atomic E-state index is 12.2. The van der Waals surface area contributed by atoms with Crippen LogP contribution in [0.5, 0.6) is 0 Å². The highest BCUT2D eigenvalue weighted by Gasteiger charge is 2.18. The fraction of sp³-hybridized carbons (Fsp3) is 0.174. The molecule has 0 aliphatic heterocycles. The van der Waals surface area contributed by atoms with Crippen molar-refractivity contribution in [1.29, 1.82) is 0 Å². The molecule has 7 nitrogen and oxygen atoms in total. The van der Waals surface area contributed by atoms with E-state index in [9.17, 15) is 14.4 Å². The van der Waals surface area contributed by atoms with Gasteiger partial charge in [-0.2, -0.15) is 0 Å². The van der Waals surface area contributed by atoms with Crippen molar-refractivity contribution >= 4 is 17.8 Å². The van der Waals surface area contributed by atoms with E-state index in [1.54, 1.807) is 24.3 Å². The Balaban J connectivity index is 1.43. The number of esters is 1.